The molecule has 0 aromatic carbocycles. The molecule has 0 unspecified atom stereocenters. The Morgan fingerprint density at radius 3 is 1.11 bits per heavy atom. The van der Waals surface area contributed by atoms with Crippen molar-refractivity contribution in [1.29, 1.82) is 0 Å². The maximum Gasteiger partial charge on any atom is 0.673 e. The van der Waals surface area contributed by atoms with E-state index in [-0.39, 0.29) is 0 Å². The molecule has 2 aromatic rings. The Bertz CT molecular complexity index is 682. The highest BCUT2D eigenvalue weighted by atomic mass is 19.5. The maximum atomic E-state index is 9.75. The summed E-state index contributed by atoms with van der Waals surface area (Å²) in [6.45, 7) is 0. The average molecular weight is 420 g/mol. The minimum atomic E-state index is -6.00. The normalized spacial score (nSPS) is 10.9. The summed E-state index contributed by atoms with van der Waals surface area (Å²) in [6, 6.07) is 7.89. The first-order valence-electron chi connectivity index (χ1n) is 7.48. The summed E-state index contributed by atoms with van der Waals surface area (Å²) in [5.41, 5.74) is 2.13. The molecule has 0 radical (unpaired) electrons. The zero-order valence-electron chi connectivity index (χ0n) is 15.4. The van der Waals surface area contributed by atoms with E-state index < -0.39 is 14.5 Å². The van der Waals surface area contributed by atoms with Gasteiger partial charge in [-0.1, -0.05) is 0 Å². The molecule has 0 bridgehead atoms. The third kappa shape index (κ3) is 12.0. The molecule has 4 nitrogen and oxygen atoms in total. The van der Waals surface area contributed by atoms with Crippen molar-refractivity contribution in [2.45, 2.75) is 0 Å². The molecule has 158 valence electrons. The van der Waals surface area contributed by atoms with Crippen LogP contribution in [0.1, 0.15) is 0 Å². The Labute approximate surface area is 156 Å². The predicted molar refractivity (Wildman–Crippen MR) is 87.7 cm³/mol. The molecule has 0 aliphatic carbocycles. The average Bonchev–Trinajstić information content (AvgIpc) is 2.53. The van der Waals surface area contributed by atoms with Gasteiger partial charge in [0, 0.05) is 12.1 Å². The van der Waals surface area contributed by atoms with E-state index in [1.807, 2.05) is 50.8 Å². The van der Waals surface area contributed by atoms with Crippen molar-refractivity contribution in [3.63, 3.8) is 0 Å². The van der Waals surface area contributed by atoms with Crippen LogP contribution in [-0.2, 0) is 14.1 Å². The lowest BCUT2D eigenvalue weighted by Crippen LogP contribution is -2.38. The van der Waals surface area contributed by atoms with E-state index in [9.17, 15) is 34.5 Å². The Morgan fingerprint density at radius 1 is 0.643 bits per heavy atom. The molecule has 0 spiro atoms. The standard InChI is InChI=1S/C14H18N2O2.2BF4/c1-15-7-5-11(17-3)9-13(15)14-10-12(18-4)6-8-16(14)2;2*2-1(3,4)5/h5-10H,1-4H3;;/q+2;2*-1. The van der Waals surface area contributed by atoms with Gasteiger partial charge in [0.1, 0.15) is 25.6 Å². The molecule has 0 N–H and O–H groups in total. The van der Waals surface area contributed by atoms with Crippen LogP contribution < -0.4 is 18.6 Å². The molecular weight excluding hydrogens is 402 g/mol. The van der Waals surface area contributed by atoms with Crippen LogP contribution in [0.15, 0.2) is 36.7 Å². The van der Waals surface area contributed by atoms with E-state index in [1.54, 1.807) is 14.2 Å². The molecular formula is C14H18B2F8N2O2. The summed E-state index contributed by atoms with van der Waals surface area (Å²) < 4.78 is 92.7. The molecule has 2 aromatic heterocycles. The van der Waals surface area contributed by atoms with E-state index in [1.165, 1.54) is 0 Å². The van der Waals surface area contributed by atoms with Gasteiger partial charge in [-0.05, 0) is 0 Å². The van der Waals surface area contributed by atoms with Gasteiger partial charge < -0.3 is 44.0 Å². The first-order valence-corrected chi connectivity index (χ1v) is 7.48. The Balaban J connectivity index is 0.000000607. The topological polar surface area (TPSA) is 26.2 Å². The van der Waals surface area contributed by atoms with Gasteiger partial charge in [-0.3, -0.25) is 0 Å². The number of rotatable bonds is 3. The fraction of sp³-hybridized carbons (Fsp3) is 0.286. The number of hydrogen-bond donors (Lipinski definition) is 0. The van der Waals surface area contributed by atoms with Crippen LogP contribution >= 0.6 is 0 Å². The van der Waals surface area contributed by atoms with E-state index in [2.05, 4.69) is 9.13 Å². The SMILES string of the molecule is COc1cc[n+](C)c(-c2cc(OC)cc[n+]2C)c1.F[B-](F)(F)F.F[B-](F)(F)F. The summed E-state index contributed by atoms with van der Waals surface area (Å²) in [5, 5.41) is 0. The highest BCUT2D eigenvalue weighted by Crippen LogP contribution is 2.20. The second-order valence-corrected chi connectivity index (χ2v) is 5.12. The summed E-state index contributed by atoms with van der Waals surface area (Å²) in [4.78, 5) is 0. The second kappa shape index (κ2) is 10.7. The summed E-state index contributed by atoms with van der Waals surface area (Å²) in [5.74, 6) is 1.68. The number of nitrogens with zero attached hydrogens (tertiary/aromatic N) is 2. The third-order valence-corrected chi connectivity index (χ3v) is 2.98. The van der Waals surface area contributed by atoms with Gasteiger partial charge in [-0.15, -0.1) is 0 Å². The fourth-order valence-corrected chi connectivity index (χ4v) is 1.86. The zero-order chi connectivity index (χ0) is 22.1. The number of ether oxygens (including phenoxy) is 2. The summed E-state index contributed by atoms with van der Waals surface area (Å²) >= 11 is 0. The van der Waals surface area contributed by atoms with Gasteiger partial charge in [-0.25, -0.2) is 0 Å². The summed E-state index contributed by atoms with van der Waals surface area (Å²) in [6.07, 6.45) is 3.96. The van der Waals surface area contributed by atoms with Gasteiger partial charge >= 0.3 is 14.5 Å². The van der Waals surface area contributed by atoms with Crippen molar-refractivity contribution >= 4 is 14.5 Å². The first kappa shape index (κ1) is 25.5. The van der Waals surface area contributed by atoms with Crippen LogP contribution in [0, 0.1) is 0 Å². The van der Waals surface area contributed by atoms with Gasteiger partial charge in [0.25, 0.3) is 11.4 Å². The van der Waals surface area contributed by atoms with E-state index in [0.29, 0.717) is 0 Å². The number of halogens is 8. The van der Waals surface area contributed by atoms with E-state index >= 15 is 0 Å². The quantitative estimate of drug-likeness (QED) is 0.431. The van der Waals surface area contributed by atoms with Crippen LogP contribution in [-0.4, -0.2) is 28.7 Å². The van der Waals surface area contributed by atoms with Gasteiger partial charge in [-0.2, -0.15) is 9.13 Å². The fourth-order valence-electron chi connectivity index (χ4n) is 1.86. The Kier molecular flexibility index (Phi) is 9.75. The Hall–Kier alpha value is -2.53. The molecule has 0 fully saturated rings. The van der Waals surface area contributed by atoms with Crippen molar-refractivity contribution in [2.24, 2.45) is 14.1 Å². The number of pyridine rings is 2. The zero-order valence-corrected chi connectivity index (χ0v) is 15.4. The molecule has 0 saturated carbocycles. The number of methoxy groups -OCH3 is 2. The van der Waals surface area contributed by atoms with Crippen LogP contribution in [0.2, 0.25) is 0 Å². The first-order chi connectivity index (χ1) is 12.7. The molecule has 14 heteroatoms. The smallest absolute Gasteiger partial charge is 0.496 e. The van der Waals surface area contributed by atoms with Crippen LogP contribution in [0.25, 0.3) is 11.4 Å². The maximum absolute atomic E-state index is 9.75. The van der Waals surface area contributed by atoms with Crippen molar-refractivity contribution in [1.82, 2.24) is 0 Å². The highest BCUT2D eigenvalue weighted by Gasteiger charge is 2.22. The third-order valence-electron chi connectivity index (χ3n) is 2.98. The summed E-state index contributed by atoms with van der Waals surface area (Å²) in [7, 11) is -4.64. The lowest BCUT2D eigenvalue weighted by atomic mass is 10.2. The van der Waals surface area contributed by atoms with Crippen LogP contribution in [0.3, 0.4) is 0 Å². The number of aromatic nitrogens is 2. The lowest BCUT2D eigenvalue weighted by Gasteiger charge is -2.04. The molecule has 0 atom stereocenters. The van der Waals surface area contributed by atoms with Crippen molar-refractivity contribution in [3.8, 4) is 22.9 Å². The predicted octanol–water partition coefficient (Wildman–Crippen LogP) is 3.62. The molecule has 0 amide bonds. The van der Waals surface area contributed by atoms with Crippen molar-refractivity contribution < 1.29 is 53.1 Å². The number of aryl methyl sites for hydroxylation is 2. The molecule has 0 aliphatic heterocycles. The van der Waals surface area contributed by atoms with Gasteiger partial charge in [0.15, 0.2) is 12.4 Å². The second-order valence-electron chi connectivity index (χ2n) is 5.12. The van der Waals surface area contributed by atoms with E-state index in [0.717, 1.165) is 22.9 Å². The Morgan fingerprint density at radius 2 is 0.893 bits per heavy atom. The molecule has 2 rings (SSSR count). The molecule has 0 saturated heterocycles. The van der Waals surface area contributed by atoms with Crippen LogP contribution in [0.5, 0.6) is 11.5 Å². The molecule has 0 aliphatic rings. The minimum Gasteiger partial charge on any atom is -0.496 e. The van der Waals surface area contributed by atoms with Crippen molar-refractivity contribution in [2.75, 3.05) is 14.2 Å². The van der Waals surface area contributed by atoms with Crippen molar-refractivity contribution in [3.05, 3.63) is 36.7 Å². The highest BCUT2D eigenvalue weighted by molar-refractivity contribution is 6.50. The monoisotopic (exact) mass is 420 g/mol. The largest absolute Gasteiger partial charge is 0.673 e. The molecule has 2 heterocycles. The van der Waals surface area contributed by atoms with E-state index in [4.69, 9.17) is 9.47 Å². The number of hydrogen-bond acceptors (Lipinski definition) is 2. The van der Waals surface area contributed by atoms with Crippen LogP contribution in [0.4, 0.5) is 34.5 Å². The molecule has 28 heavy (non-hydrogen) atoms. The van der Waals surface area contributed by atoms with Gasteiger partial charge in [0.05, 0.1) is 26.4 Å². The lowest BCUT2D eigenvalue weighted by molar-refractivity contribution is -0.690. The van der Waals surface area contributed by atoms with Gasteiger partial charge in [0.2, 0.25) is 0 Å². The minimum absolute atomic E-state index is 0.839.